The Balaban J connectivity index is 2.74. The zero-order valence-corrected chi connectivity index (χ0v) is 20.0. The van der Waals surface area contributed by atoms with Crippen LogP contribution < -0.4 is 0 Å². The van der Waals surface area contributed by atoms with Gasteiger partial charge in [0.15, 0.2) is 8.32 Å². The van der Waals surface area contributed by atoms with E-state index in [0.29, 0.717) is 24.3 Å². The molecule has 1 atom stereocenters. The predicted molar refractivity (Wildman–Crippen MR) is 111 cm³/mol. The van der Waals surface area contributed by atoms with Crippen LogP contribution in [0.1, 0.15) is 48.7 Å². The monoisotopic (exact) mass is 436 g/mol. The van der Waals surface area contributed by atoms with E-state index in [4.69, 9.17) is 13.3 Å². The summed E-state index contributed by atoms with van der Waals surface area (Å²) in [6, 6.07) is 3.60. The summed E-state index contributed by atoms with van der Waals surface area (Å²) in [7, 11) is -5.59. The van der Waals surface area contributed by atoms with Crippen molar-refractivity contribution in [1.29, 1.82) is 0 Å². The molecule has 0 fully saturated rings. The van der Waals surface area contributed by atoms with Crippen LogP contribution in [-0.4, -0.2) is 48.3 Å². The van der Waals surface area contributed by atoms with E-state index in [1.807, 2.05) is 6.07 Å². The summed E-state index contributed by atoms with van der Waals surface area (Å²) in [5.74, 6) is -0.334. The maximum absolute atomic E-state index is 11.8. The van der Waals surface area contributed by atoms with Gasteiger partial charge >= 0.3 is 5.97 Å². The van der Waals surface area contributed by atoms with Crippen molar-refractivity contribution in [3.8, 4) is 0 Å². The van der Waals surface area contributed by atoms with Crippen molar-refractivity contribution in [2.24, 2.45) is 0 Å². The molecule has 0 N–H and O–H groups in total. The molecule has 0 bridgehead atoms. The summed E-state index contributed by atoms with van der Waals surface area (Å²) in [5.41, 5.74) is 0. The first kappa shape index (κ1) is 24.3. The first-order valence-electron chi connectivity index (χ1n) is 9.03. The summed E-state index contributed by atoms with van der Waals surface area (Å²) in [4.78, 5) is 13.3. The summed E-state index contributed by atoms with van der Waals surface area (Å²) in [6.45, 7) is 13.0. The molecule has 9 heteroatoms. The Hall–Kier alpha value is -0.743. The SMILES string of the molecule is CCOC(=O)c1ccc(CCC(CO[Si](C)(C)C(C)(C)C)OS(C)(=O)=O)s1. The van der Waals surface area contributed by atoms with Gasteiger partial charge in [0.25, 0.3) is 10.1 Å². The van der Waals surface area contributed by atoms with Crippen molar-refractivity contribution in [3.05, 3.63) is 21.9 Å². The second kappa shape index (κ2) is 9.64. The van der Waals surface area contributed by atoms with Gasteiger partial charge in [-0.15, -0.1) is 11.3 Å². The number of ether oxygens (including phenoxy) is 1. The highest BCUT2D eigenvalue weighted by Gasteiger charge is 2.38. The minimum atomic E-state index is -3.58. The summed E-state index contributed by atoms with van der Waals surface area (Å²) in [5, 5.41) is 0.0327. The number of hydrogen-bond acceptors (Lipinski definition) is 7. The van der Waals surface area contributed by atoms with Crippen molar-refractivity contribution >= 4 is 35.7 Å². The van der Waals surface area contributed by atoms with E-state index in [1.165, 1.54) is 11.3 Å². The minimum absolute atomic E-state index is 0.0327. The van der Waals surface area contributed by atoms with Crippen LogP contribution in [0.15, 0.2) is 12.1 Å². The fourth-order valence-corrected chi connectivity index (χ4v) is 4.65. The van der Waals surface area contributed by atoms with E-state index in [0.717, 1.165) is 11.1 Å². The van der Waals surface area contributed by atoms with Crippen LogP contribution in [0.2, 0.25) is 18.1 Å². The third-order valence-electron chi connectivity index (χ3n) is 4.60. The number of carbonyl (C=O) groups is 1. The summed E-state index contributed by atoms with van der Waals surface area (Å²) < 4.78 is 39.6. The zero-order valence-electron chi connectivity index (χ0n) is 17.3. The van der Waals surface area contributed by atoms with E-state index in [2.05, 4.69) is 33.9 Å². The number of hydrogen-bond donors (Lipinski definition) is 0. The molecule has 0 aromatic carbocycles. The Morgan fingerprint density at radius 2 is 1.89 bits per heavy atom. The van der Waals surface area contributed by atoms with Crippen LogP contribution in [0.3, 0.4) is 0 Å². The maximum Gasteiger partial charge on any atom is 0.348 e. The van der Waals surface area contributed by atoms with E-state index in [1.54, 1.807) is 13.0 Å². The number of esters is 1. The lowest BCUT2D eigenvalue weighted by atomic mass is 10.2. The van der Waals surface area contributed by atoms with Gasteiger partial charge in [0.2, 0.25) is 0 Å². The van der Waals surface area contributed by atoms with Gasteiger partial charge in [0, 0.05) is 4.88 Å². The molecule has 0 radical (unpaired) electrons. The number of rotatable bonds is 10. The van der Waals surface area contributed by atoms with E-state index in [-0.39, 0.29) is 17.6 Å². The van der Waals surface area contributed by atoms with Crippen LogP contribution >= 0.6 is 11.3 Å². The minimum Gasteiger partial charge on any atom is -0.462 e. The van der Waals surface area contributed by atoms with Crippen LogP contribution in [0, 0.1) is 0 Å². The largest absolute Gasteiger partial charge is 0.462 e. The van der Waals surface area contributed by atoms with Crippen molar-refractivity contribution in [1.82, 2.24) is 0 Å². The molecule has 1 rings (SSSR count). The quantitative estimate of drug-likeness (QED) is 0.310. The maximum atomic E-state index is 11.8. The smallest absolute Gasteiger partial charge is 0.348 e. The van der Waals surface area contributed by atoms with Gasteiger partial charge in [-0.25, -0.2) is 4.79 Å². The molecule has 0 aliphatic heterocycles. The fourth-order valence-electron chi connectivity index (χ4n) is 2.05. The third-order valence-corrected chi connectivity index (χ3v) is 10.8. The average Bonchev–Trinajstić information content (AvgIpc) is 2.97. The van der Waals surface area contributed by atoms with Gasteiger partial charge in [-0.05, 0) is 50.0 Å². The normalized spacial score (nSPS) is 14.2. The molecule has 0 saturated heterocycles. The number of aryl methyl sites for hydroxylation is 1. The molecule has 1 aromatic rings. The van der Waals surface area contributed by atoms with E-state index in [9.17, 15) is 13.2 Å². The first-order chi connectivity index (χ1) is 12.2. The van der Waals surface area contributed by atoms with Crippen LogP contribution in [-0.2, 0) is 29.9 Å². The van der Waals surface area contributed by atoms with Gasteiger partial charge in [0.1, 0.15) is 4.88 Å². The molecular formula is C18H32O6S2Si. The zero-order chi connectivity index (χ0) is 20.9. The lowest BCUT2D eigenvalue weighted by molar-refractivity contribution is 0.0532. The molecule has 1 unspecified atom stereocenters. The molecule has 156 valence electrons. The van der Waals surface area contributed by atoms with Crippen molar-refractivity contribution in [3.63, 3.8) is 0 Å². The van der Waals surface area contributed by atoms with E-state index < -0.39 is 24.5 Å². The molecule has 0 aliphatic rings. The standard InChI is InChI=1S/C18H32O6S2Si/c1-8-22-17(19)16-12-11-15(25-16)10-9-14(24-26(5,20)21)13-23-27(6,7)18(2,3)4/h11-12,14H,8-10,13H2,1-7H3. The van der Waals surface area contributed by atoms with Gasteiger partial charge in [0.05, 0.1) is 25.6 Å². The Kier molecular flexibility index (Phi) is 8.68. The van der Waals surface area contributed by atoms with Crippen molar-refractivity contribution < 1.29 is 26.6 Å². The van der Waals surface area contributed by atoms with Gasteiger partial charge in [-0.2, -0.15) is 8.42 Å². The molecular weight excluding hydrogens is 404 g/mol. The topological polar surface area (TPSA) is 78.9 Å². The lowest BCUT2D eigenvalue weighted by Gasteiger charge is -2.37. The Bertz CT molecular complexity index is 718. The highest BCUT2D eigenvalue weighted by Crippen LogP contribution is 2.36. The fraction of sp³-hybridized carbons (Fsp3) is 0.722. The third kappa shape index (κ3) is 8.43. The Morgan fingerprint density at radius 3 is 2.41 bits per heavy atom. The molecule has 0 amide bonds. The Morgan fingerprint density at radius 1 is 1.26 bits per heavy atom. The first-order valence-corrected chi connectivity index (χ1v) is 14.6. The molecule has 0 saturated carbocycles. The second-order valence-electron chi connectivity index (χ2n) is 8.02. The molecule has 0 spiro atoms. The van der Waals surface area contributed by atoms with Gasteiger partial charge < -0.3 is 9.16 Å². The highest BCUT2D eigenvalue weighted by atomic mass is 32.2. The van der Waals surface area contributed by atoms with Crippen LogP contribution in [0.25, 0.3) is 0 Å². The summed E-state index contributed by atoms with van der Waals surface area (Å²) >= 11 is 1.36. The van der Waals surface area contributed by atoms with Gasteiger partial charge in [-0.1, -0.05) is 20.8 Å². The van der Waals surface area contributed by atoms with Crippen molar-refractivity contribution in [2.75, 3.05) is 19.5 Å². The number of carbonyl (C=O) groups excluding carboxylic acids is 1. The molecule has 27 heavy (non-hydrogen) atoms. The molecule has 6 nitrogen and oxygen atoms in total. The van der Waals surface area contributed by atoms with Gasteiger partial charge in [-0.3, -0.25) is 4.18 Å². The highest BCUT2D eigenvalue weighted by molar-refractivity contribution is 7.86. The van der Waals surface area contributed by atoms with Crippen LogP contribution in [0.4, 0.5) is 0 Å². The number of thiophene rings is 1. The molecule has 1 heterocycles. The Labute approximate surface area is 168 Å². The van der Waals surface area contributed by atoms with Crippen LogP contribution in [0.5, 0.6) is 0 Å². The van der Waals surface area contributed by atoms with Crippen molar-refractivity contribution in [2.45, 2.75) is 64.8 Å². The predicted octanol–water partition coefficient (Wildman–Crippen LogP) is 4.22. The average molecular weight is 437 g/mol. The van der Waals surface area contributed by atoms with E-state index >= 15 is 0 Å². The summed E-state index contributed by atoms with van der Waals surface area (Å²) in [6.07, 6.45) is 1.59. The molecule has 1 aromatic heterocycles. The second-order valence-corrected chi connectivity index (χ2v) is 15.6. The lowest BCUT2D eigenvalue weighted by Crippen LogP contribution is -2.43. The molecule has 0 aliphatic carbocycles.